The first kappa shape index (κ1) is 23.4. The molecule has 0 saturated carbocycles. The molecule has 0 fully saturated rings. The summed E-state index contributed by atoms with van der Waals surface area (Å²) in [5.74, 6) is 0. The van der Waals surface area contributed by atoms with Gasteiger partial charge in [0, 0.05) is 17.4 Å². The molecule has 1 rings (SSSR count). The number of benzene rings is 1. The van der Waals surface area contributed by atoms with E-state index in [0.29, 0.717) is 0 Å². The molecule has 0 heterocycles. The third-order valence-electron chi connectivity index (χ3n) is 1.01. The largest absolute Gasteiger partial charge is 0.687 e. The van der Waals surface area contributed by atoms with Gasteiger partial charge >= 0.3 is 0 Å². The van der Waals surface area contributed by atoms with Crippen molar-refractivity contribution in [1.82, 2.24) is 0 Å². The van der Waals surface area contributed by atoms with E-state index < -0.39 is 0 Å². The van der Waals surface area contributed by atoms with E-state index in [1.807, 2.05) is 50.7 Å². The van der Waals surface area contributed by atoms with E-state index in [1.165, 1.54) is 0 Å². The molecule has 0 radical (unpaired) electrons. The Balaban J connectivity index is -0.0000000755. The van der Waals surface area contributed by atoms with E-state index in [9.17, 15) is 0 Å². The third-order valence-corrected chi connectivity index (χ3v) is 1.01. The molecule has 15 heavy (non-hydrogen) atoms. The Labute approximate surface area is 101 Å². The molecule has 0 N–H and O–H groups in total. The minimum atomic E-state index is 0. The summed E-state index contributed by atoms with van der Waals surface area (Å²) in [5, 5.41) is 3.97. The zero-order chi connectivity index (χ0) is 11.8. The van der Waals surface area contributed by atoms with Crippen molar-refractivity contribution in [3.8, 4) is 0 Å². The van der Waals surface area contributed by atoms with Gasteiger partial charge in [-0.05, 0) is 0 Å². The zero-order valence-corrected chi connectivity index (χ0v) is 9.86. The quantitative estimate of drug-likeness (QED) is 0.760. The average molecular weight is 248 g/mol. The molecule has 0 saturated heterocycles. The molecule has 4 nitrogen and oxygen atoms in total. The van der Waals surface area contributed by atoms with Gasteiger partial charge in [0.05, 0.1) is 0 Å². The van der Waals surface area contributed by atoms with Crippen molar-refractivity contribution in [2.75, 3.05) is 7.05 Å². The van der Waals surface area contributed by atoms with Crippen LogP contribution in [-0.2, 0) is 31.7 Å². The molecule has 0 bridgehead atoms. The molecule has 0 aliphatic rings. The van der Waals surface area contributed by atoms with Crippen LogP contribution in [0.15, 0.2) is 30.3 Å². The summed E-state index contributed by atoms with van der Waals surface area (Å²) >= 11 is 0. The smallest absolute Gasteiger partial charge is 0.106 e. The van der Waals surface area contributed by atoms with Gasteiger partial charge in [0.15, 0.2) is 0 Å². The van der Waals surface area contributed by atoms with E-state index >= 15 is 0 Å². The maximum Gasteiger partial charge on any atom is 0.106 e. The first-order chi connectivity index (χ1) is 6.93. The fourth-order valence-electron chi connectivity index (χ4n) is 0.577. The number of para-hydroxylation sites is 1. The van der Waals surface area contributed by atoms with Crippen molar-refractivity contribution >= 4 is 26.1 Å². The van der Waals surface area contributed by atoms with Gasteiger partial charge in [0.25, 0.3) is 0 Å². The predicted octanol–water partition coefficient (Wildman–Crippen LogP) is 1.76. The molecule has 5 heteroatoms. The van der Waals surface area contributed by atoms with Crippen LogP contribution in [0.4, 0.5) is 5.69 Å². The van der Waals surface area contributed by atoms with Crippen LogP contribution in [0.2, 0.25) is 0 Å². The van der Waals surface area contributed by atoms with Crippen LogP contribution >= 0.6 is 0 Å². The maximum absolute atomic E-state index is 8.00. The molecule has 1 aromatic rings. The zero-order valence-electron chi connectivity index (χ0n) is 8.59. The van der Waals surface area contributed by atoms with Gasteiger partial charge in [-0.15, -0.1) is 12.7 Å². The molecule has 0 aliphatic heterocycles. The van der Waals surface area contributed by atoms with Crippen molar-refractivity contribution in [3.05, 3.63) is 35.6 Å². The van der Waals surface area contributed by atoms with Crippen LogP contribution in [-0.4, -0.2) is 27.4 Å². The topological polar surface area (TPSA) is 65.3 Å². The molecule has 0 atom stereocenters. The molecule has 0 aromatic heterocycles. The second-order valence-electron chi connectivity index (χ2n) is 1.56. The standard InChI is InChI=1S/C7H8N.3CH2O.Cr/c1-8-7-5-3-2-4-6-7;3*1-2;/h2-6H,1H3;3*1H2;/q-1;;;;. The van der Waals surface area contributed by atoms with Crippen LogP contribution in [0.1, 0.15) is 0 Å². The molecular formula is C10H14CrNO3-. The normalized spacial score (nSPS) is 5.40. The SMILES string of the molecule is C=O.C=O.C=O.C[N-]c1ccccc1.[Cr]. The number of nitrogens with zero attached hydrogens (tertiary/aromatic N) is 1. The number of carbonyl (C=O) groups excluding carboxylic acids is 3. The molecule has 84 valence electrons. The van der Waals surface area contributed by atoms with E-state index in [2.05, 4.69) is 5.32 Å². The minimum absolute atomic E-state index is 0. The van der Waals surface area contributed by atoms with Crippen LogP contribution in [0.3, 0.4) is 0 Å². The monoisotopic (exact) mass is 248 g/mol. The van der Waals surface area contributed by atoms with Gasteiger partial charge in [-0.25, -0.2) is 0 Å². The van der Waals surface area contributed by atoms with Gasteiger partial charge in [-0.1, -0.05) is 30.3 Å². The van der Waals surface area contributed by atoms with Crippen molar-refractivity contribution in [1.29, 1.82) is 0 Å². The van der Waals surface area contributed by atoms with E-state index in [0.717, 1.165) is 5.69 Å². The molecule has 0 spiro atoms. The van der Waals surface area contributed by atoms with Gasteiger partial charge < -0.3 is 19.7 Å². The summed E-state index contributed by atoms with van der Waals surface area (Å²) in [7, 11) is 1.79. The maximum atomic E-state index is 8.00. The summed E-state index contributed by atoms with van der Waals surface area (Å²) in [6.07, 6.45) is 0. The fraction of sp³-hybridized carbons (Fsp3) is 0.100. The number of hydrogen-bond acceptors (Lipinski definition) is 3. The number of carbonyl (C=O) groups is 3. The molecule has 1 aromatic carbocycles. The third kappa shape index (κ3) is 19.1. The molecule has 0 amide bonds. The predicted molar refractivity (Wildman–Crippen MR) is 56.7 cm³/mol. The first-order valence-electron chi connectivity index (χ1n) is 3.45. The average Bonchev–Trinajstić information content (AvgIpc) is 2.37. The second-order valence-corrected chi connectivity index (χ2v) is 1.56. The Morgan fingerprint density at radius 2 is 1.20 bits per heavy atom. The van der Waals surface area contributed by atoms with E-state index in [-0.39, 0.29) is 17.4 Å². The molecule has 0 unspecified atom stereocenters. The Morgan fingerprint density at radius 1 is 0.867 bits per heavy atom. The van der Waals surface area contributed by atoms with Crippen molar-refractivity contribution in [2.24, 2.45) is 0 Å². The van der Waals surface area contributed by atoms with Crippen LogP contribution < -0.4 is 0 Å². The summed E-state index contributed by atoms with van der Waals surface area (Å²) in [6.45, 7) is 6.00. The number of hydrogen-bond donors (Lipinski definition) is 0. The summed E-state index contributed by atoms with van der Waals surface area (Å²) in [6, 6.07) is 9.87. The van der Waals surface area contributed by atoms with Crippen molar-refractivity contribution < 1.29 is 31.7 Å². The Hall–Kier alpha value is -1.44. The minimum Gasteiger partial charge on any atom is -0.687 e. The van der Waals surface area contributed by atoms with Crippen LogP contribution in [0.5, 0.6) is 0 Å². The molecular weight excluding hydrogens is 234 g/mol. The van der Waals surface area contributed by atoms with E-state index in [4.69, 9.17) is 14.4 Å². The summed E-state index contributed by atoms with van der Waals surface area (Å²) in [5.41, 5.74) is 1.03. The number of rotatable bonds is 1. The summed E-state index contributed by atoms with van der Waals surface area (Å²) in [4.78, 5) is 24.0. The fourth-order valence-corrected chi connectivity index (χ4v) is 0.577. The van der Waals surface area contributed by atoms with Gasteiger partial charge in [0.2, 0.25) is 0 Å². The second kappa shape index (κ2) is 29.4. The van der Waals surface area contributed by atoms with Gasteiger partial charge in [0.1, 0.15) is 20.4 Å². The molecule has 0 aliphatic carbocycles. The van der Waals surface area contributed by atoms with Gasteiger partial charge in [-0.3, -0.25) is 0 Å². The van der Waals surface area contributed by atoms with Crippen LogP contribution in [0, 0.1) is 0 Å². The first-order valence-corrected chi connectivity index (χ1v) is 3.45. The van der Waals surface area contributed by atoms with Crippen molar-refractivity contribution in [2.45, 2.75) is 0 Å². The Bertz CT molecular complexity index is 192. The van der Waals surface area contributed by atoms with Crippen molar-refractivity contribution in [3.63, 3.8) is 0 Å². The van der Waals surface area contributed by atoms with E-state index in [1.54, 1.807) is 7.05 Å². The Kier molecular flexibility index (Phi) is 45.8. The van der Waals surface area contributed by atoms with Gasteiger partial charge in [-0.2, -0.15) is 0 Å². The van der Waals surface area contributed by atoms with Crippen LogP contribution in [0.25, 0.3) is 5.32 Å². The summed E-state index contributed by atoms with van der Waals surface area (Å²) < 4.78 is 0. The Morgan fingerprint density at radius 3 is 1.40 bits per heavy atom.